The van der Waals surface area contributed by atoms with E-state index in [0.717, 1.165) is 41.4 Å². The summed E-state index contributed by atoms with van der Waals surface area (Å²) in [6, 6.07) is 15.4. The average molecular weight is 498 g/mol. The molecule has 0 unspecified atom stereocenters. The molecule has 0 fully saturated rings. The zero-order valence-electron chi connectivity index (χ0n) is 14.2. The van der Waals surface area contributed by atoms with Gasteiger partial charge in [0.2, 0.25) is 0 Å². The number of aryl methyl sites for hydroxylation is 1. The Hall–Kier alpha value is -1.84. The summed E-state index contributed by atoms with van der Waals surface area (Å²) in [5, 5.41) is 8.92. The monoisotopic (exact) mass is 498 g/mol. The predicted molar refractivity (Wildman–Crippen MR) is 91.3 cm³/mol. The average Bonchev–Trinajstić information content (AvgIpc) is 2.98. The fraction of sp³-hybridized carbons (Fsp3) is 0.316. The van der Waals surface area contributed by atoms with Crippen molar-refractivity contribution in [3.05, 3.63) is 60.2 Å². The van der Waals surface area contributed by atoms with E-state index in [1.54, 1.807) is 6.20 Å². The van der Waals surface area contributed by atoms with Gasteiger partial charge in [0.1, 0.15) is 5.82 Å². The van der Waals surface area contributed by atoms with Gasteiger partial charge in [-0.1, -0.05) is 50.7 Å². The molecule has 0 amide bonds. The van der Waals surface area contributed by atoms with Crippen LogP contribution in [0, 0.1) is 12.0 Å². The van der Waals surface area contributed by atoms with E-state index in [1.165, 1.54) is 0 Å². The number of hydrogen-bond donors (Lipinski definition) is 0. The molecule has 2 aromatic heterocycles. The Morgan fingerprint density at radius 1 is 1.12 bits per heavy atom. The minimum Gasteiger partial charge on any atom is -0.356 e. The van der Waals surface area contributed by atoms with Crippen molar-refractivity contribution >= 4 is 0 Å². The SMILES string of the molecule is CCc1ncc[c-]c1-c1nnc(CC(C)C)n1-c1ccccc1.[Ir]. The molecule has 3 rings (SSSR count). The van der Waals surface area contributed by atoms with Gasteiger partial charge in [-0.05, 0) is 30.2 Å². The van der Waals surface area contributed by atoms with Gasteiger partial charge in [0.05, 0.1) is 5.82 Å². The van der Waals surface area contributed by atoms with Crippen molar-refractivity contribution in [1.29, 1.82) is 0 Å². The van der Waals surface area contributed by atoms with Crippen molar-refractivity contribution in [3.63, 3.8) is 0 Å². The summed E-state index contributed by atoms with van der Waals surface area (Å²) >= 11 is 0. The molecule has 1 aromatic carbocycles. The maximum atomic E-state index is 4.47. The van der Waals surface area contributed by atoms with Crippen LogP contribution in [0.5, 0.6) is 0 Å². The maximum absolute atomic E-state index is 4.47. The van der Waals surface area contributed by atoms with Gasteiger partial charge in [-0.3, -0.25) is 0 Å². The molecule has 0 saturated carbocycles. The van der Waals surface area contributed by atoms with Crippen molar-refractivity contribution in [1.82, 2.24) is 19.7 Å². The summed E-state index contributed by atoms with van der Waals surface area (Å²) in [6.45, 7) is 6.48. The van der Waals surface area contributed by atoms with Crippen molar-refractivity contribution in [2.75, 3.05) is 0 Å². The van der Waals surface area contributed by atoms with E-state index in [2.05, 4.69) is 58.7 Å². The molecule has 0 aliphatic heterocycles. The van der Waals surface area contributed by atoms with Gasteiger partial charge in [0.25, 0.3) is 0 Å². The first-order valence-corrected chi connectivity index (χ1v) is 8.06. The van der Waals surface area contributed by atoms with Crippen LogP contribution in [0.4, 0.5) is 0 Å². The third kappa shape index (κ3) is 3.79. The van der Waals surface area contributed by atoms with E-state index in [0.29, 0.717) is 5.92 Å². The van der Waals surface area contributed by atoms with E-state index < -0.39 is 0 Å². The van der Waals surface area contributed by atoms with Gasteiger partial charge in [0, 0.05) is 32.2 Å². The van der Waals surface area contributed by atoms with Crippen LogP contribution < -0.4 is 0 Å². The Labute approximate surface area is 156 Å². The van der Waals surface area contributed by atoms with Crippen molar-refractivity contribution < 1.29 is 20.1 Å². The van der Waals surface area contributed by atoms with Crippen molar-refractivity contribution in [2.45, 2.75) is 33.6 Å². The molecule has 3 aromatic rings. The Morgan fingerprint density at radius 2 is 1.88 bits per heavy atom. The molecule has 0 atom stereocenters. The summed E-state index contributed by atoms with van der Waals surface area (Å²) in [6.07, 6.45) is 3.50. The van der Waals surface area contributed by atoms with Gasteiger partial charge in [0.15, 0.2) is 0 Å². The van der Waals surface area contributed by atoms with Crippen LogP contribution in [0.25, 0.3) is 17.1 Å². The van der Waals surface area contributed by atoms with Crippen LogP contribution >= 0.6 is 0 Å². The molecule has 0 spiro atoms. The van der Waals surface area contributed by atoms with Gasteiger partial charge < -0.3 is 9.55 Å². The molecular weight excluding hydrogens is 476 g/mol. The van der Waals surface area contributed by atoms with E-state index in [9.17, 15) is 0 Å². The second-order valence-corrected chi connectivity index (χ2v) is 5.97. The molecule has 0 N–H and O–H groups in total. The molecule has 0 aliphatic rings. The normalized spacial score (nSPS) is 10.7. The molecule has 0 bridgehead atoms. The molecule has 4 nitrogen and oxygen atoms in total. The van der Waals surface area contributed by atoms with Crippen LogP contribution in [0.2, 0.25) is 0 Å². The Morgan fingerprint density at radius 3 is 2.54 bits per heavy atom. The van der Waals surface area contributed by atoms with Crippen LogP contribution in [-0.2, 0) is 32.9 Å². The molecule has 1 radical (unpaired) electrons. The van der Waals surface area contributed by atoms with Gasteiger partial charge in [-0.2, -0.15) is 5.10 Å². The number of rotatable bonds is 5. The topological polar surface area (TPSA) is 43.6 Å². The van der Waals surface area contributed by atoms with E-state index in [1.807, 2.05) is 24.3 Å². The molecular formula is C19H21IrN4-. The molecule has 24 heavy (non-hydrogen) atoms. The predicted octanol–water partition coefficient (Wildman–Crippen LogP) is 3.89. The van der Waals surface area contributed by atoms with Crippen LogP contribution in [0.1, 0.15) is 32.3 Å². The van der Waals surface area contributed by atoms with Crippen LogP contribution in [-0.4, -0.2) is 19.7 Å². The first kappa shape index (κ1) is 18.5. The summed E-state index contributed by atoms with van der Waals surface area (Å²) in [7, 11) is 0. The Bertz CT molecular complexity index is 781. The number of pyridine rings is 1. The first-order valence-electron chi connectivity index (χ1n) is 8.06. The molecule has 0 aliphatic carbocycles. The molecule has 2 heterocycles. The second-order valence-electron chi connectivity index (χ2n) is 5.97. The number of para-hydroxylation sites is 1. The van der Waals surface area contributed by atoms with Crippen LogP contribution in [0.15, 0.2) is 42.6 Å². The second kappa shape index (κ2) is 8.31. The summed E-state index contributed by atoms with van der Waals surface area (Å²) in [5.74, 6) is 2.30. The zero-order valence-corrected chi connectivity index (χ0v) is 16.6. The summed E-state index contributed by atoms with van der Waals surface area (Å²) in [4.78, 5) is 4.47. The number of aromatic nitrogens is 4. The largest absolute Gasteiger partial charge is 0.356 e. The third-order valence-corrected chi connectivity index (χ3v) is 3.71. The molecule has 127 valence electrons. The standard InChI is InChI=1S/C19H21N4.Ir/c1-4-17-16(11-8-12-20-17)19-22-21-18(13-14(2)3)23(19)15-9-6-5-7-10-15;/h5-10,12,14H,4,13H2,1-3H3;/q-1;. The third-order valence-electron chi connectivity index (χ3n) is 3.71. The fourth-order valence-corrected chi connectivity index (χ4v) is 2.68. The van der Waals surface area contributed by atoms with Crippen molar-refractivity contribution in [3.8, 4) is 17.1 Å². The number of hydrogen-bond acceptors (Lipinski definition) is 3. The minimum atomic E-state index is 0. The number of benzene rings is 1. The fourth-order valence-electron chi connectivity index (χ4n) is 2.68. The van der Waals surface area contributed by atoms with E-state index in [4.69, 9.17) is 0 Å². The van der Waals surface area contributed by atoms with Crippen LogP contribution in [0.3, 0.4) is 0 Å². The van der Waals surface area contributed by atoms with Gasteiger partial charge in [-0.15, -0.1) is 17.2 Å². The summed E-state index contributed by atoms with van der Waals surface area (Å²) < 4.78 is 2.13. The van der Waals surface area contributed by atoms with Gasteiger partial charge in [-0.25, -0.2) is 0 Å². The van der Waals surface area contributed by atoms with Crippen molar-refractivity contribution in [2.24, 2.45) is 5.92 Å². The Kier molecular flexibility index (Phi) is 6.41. The first-order chi connectivity index (χ1) is 11.2. The quantitative estimate of drug-likeness (QED) is 0.503. The van der Waals surface area contributed by atoms with E-state index in [-0.39, 0.29) is 20.1 Å². The molecule has 5 heteroatoms. The maximum Gasteiger partial charge on any atom is 0.128 e. The number of nitrogens with zero attached hydrogens (tertiary/aromatic N) is 4. The Balaban J connectivity index is 0.00000208. The minimum absolute atomic E-state index is 0. The zero-order chi connectivity index (χ0) is 16.2. The van der Waals surface area contributed by atoms with E-state index >= 15 is 0 Å². The summed E-state index contributed by atoms with van der Waals surface area (Å²) in [5.41, 5.74) is 3.00. The smallest absolute Gasteiger partial charge is 0.128 e. The van der Waals surface area contributed by atoms with Gasteiger partial charge >= 0.3 is 0 Å². The molecule has 0 saturated heterocycles.